The van der Waals surface area contributed by atoms with Crippen molar-refractivity contribution < 1.29 is 14.7 Å². The van der Waals surface area contributed by atoms with Crippen LogP contribution in [0.2, 0.25) is 0 Å². The van der Waals surface area contributed by atoms with E-state index >= 15 is 0 Å². The standard InChI is InChI=1S/C29H29NO3/c1-28(2)13-14-29(3,4)26-23(20-11-15-30-16-12-20)17-22(18-24(26)28)25(31)10-7-19-5-8-21(9-6-19)27(32)33/h5-12,15-18H,13-14H2,1-4H3,(H,32,33)/b10-7+. The molecular formula is C29H29NO3. The van der Waals surface area contributed by atoms with Gasteiger partial charge in [-0.05, 0) is 94.0 Å². The Morgan fingerprint density at radius 3 is 2.15 bits per heavy atom. The summed E-state index contributed by atoms with van der Waals surface area (Å²) in [4.78, 5) is 28.5. The minimum Gasteiger partial charge on any atom is -0.478 e. The van der Waals surface area contributed by atoms with E-state index in [4.69, 9.17) is 5.11 Å². The lowest BCUT2D eigenvalue weighted by Crippen LogP contribution is -2.34. The molecule has 2 aromatic carbocycles. The van der Waals surface area contributed by atoms with E-state index in [0.29, 0.717) is 5.56 Å². The van der Waals surface area contributed by atoms with Crippen LogP contribution in [0.25, 0.3) is 17.2 Å². The Morgan fingerprint density at radius 2 is 1.52 bits per heavy atom. The second kappa shape index (κ2) is 8.43. The summed E-state index contributed by atoms with van der Waals surface area (Å²) < 4.78 is 0. The van der Waals surface area contributed by atoms with Gasteiger partial charge in [0, 0.05) is 18.0 Å². The second-order valence-corrected chi connectivity index (χ2v) is 10.1. The number of benzene rings is 2. The minimum atomic E-state index is -0.968. The molecule has 0 unspecified atom stereocenters. The molecule has 168 valence electrons. The molecule has 0 atom stereocenters. The van der Waals surface area contributed by atoms with Crippen molar-refractivity contribution >= 4 is 17.8 Å². The summed E-state index contributed by atoms with van der Waals surface area (Å²) in [5.41, 5.74) is 6.34. The molecule has 0 saturated carbocycles. The van der Waals surface area contributed by atoms with Gasteiger partial charge < -0.3 is 5.11 Å². The van der Waals surface area contributed by atoms with Crippen LogP contribution >= 0.6 is 0 Å². The van der Waals surface area contributed by atoms with Crippen LogP contribution in [-0.2, 0) is 10.8 Å². The first-order valence-corrected chi connectivity index (χ1v) is 11.2. The van der Waals surface area contributed by atoms with E-state index in [9.17, 15) is 9.59 Å². The topological polar surface area (TPSA) is 67.3 Å². The molecule has 0 aliphatic heterocycles. The van der Waals surface area contributed by atoms with E-state index in [1.54, 1.807) is 36.7 Å². The van der Waals surface area contributed by atoms with Crippen molar-refractivity contribution in [2.45, 2.75) is 51.4 Å². The molecular weight excluding hydrogens is 410 g/mol. The number of hydrogen-bond donors (Lipinski definition) is 1. The molecule has 3 aromatic rings. The third-order valence-corrected chi connectivity index (χ3v) is 6.78. The highest BCUT2D eigenvalue weighted by molar-refractivity contribution is 6.08. The van der Waals surface area contributed by atoms with Crippen LogP contribution in [0.1, 0.15) is 77.9 Å². The molecule has 33 heavy (non-hydrogen) atoms. The second-order valence-electron chi connectivity index (χ2n) is 10.1. The van der Waals surface area contributed by atoms with E-state index in [1.807, 2.05) is 18.2 Å². The molecule has 0 bridgehead atoms. The number of carbonyl (C=O) groups excluding carboxylic acids is 1. The van der Waals surface area contributed by atoms with Gasteiger partial charge in [0.25, 0.3) is 0 Å². The number of pyridine rings is 1. The van der Waals surface area contributed by atoms with Crippen molar-refractivity contribution in [1.82, 2.24) is 4.98 Å². The first-order valence-electron chi connectivity index (χ1n) is 11.2. The Labute approximate surface area is 195 Å². The van der Waals surface area contributed by atoms with Crippen molar-refractivity contribution in [2.24, 2.45) is 0 Å². The number of aromatic carboxylic acids is 1. The van der Waals surface area contributed by atoms with Gasteiger partial charge in [0.2, 0.25) is 0 Å². The SMILES string of the molecule is CC1(C)CCC(C)(C)c2c(-c3ccncc3)cc(C(=O)/C=C/c3ccc(C(=O)O)cc3)cc21. The molecule has 1 aliphatic carbocycles. The van der Waals surface area contributed by atoms with Crippen LogP contribution in [0, 0.1) is 0 Å². The monoisotopic (exact) mass is 439 g/mol. The van der Waals surface area contributed by atoms with Gasteiger partial charge in [0.15, 0.2) is 5.78 Å². The van der Waals surface area contributed by atoms with Crippen molar-refractivity contribution in [3.63, 3.8) is 0 Å². The summed E-state index contributed by atoms with van der Waals surface area (Å²) in [6.45, 7) is 9.08. The predicted molar refractivity (Wildman–Crippen MR) is 132 cm³/mol. The van der Waals surface area contributed by atoms with Gasteiger partial charge in [-0.1, -0.05) is 45.9 Å². The summed E-state index contributed by atoms with van der Waals surface area (Å²) in [6, 6.07) is 14.6. The first-order chi connectivity index (χ1) is 15.6. The molecule has 0 fully saturated rings. The molecule has 1 aromatic heterocycles. The first kappa shape index (κ1) is 22.7. The Hall–Kier alpha value is -3.53. The smallest absolute Gasteiger partial charge is 0.335 e. The summed E-state index contributed by atoms with van der Waals surface area (Å²) in [6.07, 6.45) is 9.02. The number of fused-ring (bicyclic) bond motifs is 1. The average molecular weight is 440 g/mol. The van der Waals surface area contributed by atoms with Crippen LogP contribution < -0.4 is 0 Å². The number of hydrogen-bond acceptors (Lipinski definition) is 3. The zero-order chi connectivity index (χ0) is 23.8. The Morgan fingerprint density at radius 1 is 0.879 bits per heavy atom. The number of rotatable bonds is 5. The number of carbonyl (C=O) groups is 2. The fourth-order valence-electron chi connectivity index (χ4n) is 4.70. The van der Waals surface area contributed by atoms with Crippen molar-refractivity contribution in [2.75, 3.05) is 0 Å². The quantitative estimate of drug-likeness (QED) is 0.355. The normalized spacial score (nSPS) is 16.4. The van der Waals surface area contributed by atoms with Crippen molar-refractivity contribution in [1.29, 1.82) is 0 Å². The Balaban J connectivity index is 1.79. The molecule has 0 radical (unpaired) electrons. The lowest BCUT2D eigenvalue weighted by atomic mass is 9.61. The maximum atomic E-state index is 13.2. The maximum absolute atomic E-state index is 13.2. The maximum Gasteiger partial charge on any atom is 0.335 e. The molecule has 0 saturated heterocycles. The van der Waals surface area contributed by atoms with Gasteiger partial charge in [-0.15, -0.1) is 0 Å². The number of allylic oxidation sites excluding steroid dienone is 1. The molecule has 1 heterocycles. The lowest BCUT2D eigenvalue weighted by molar-refractivity contribution is 0.0696. The fourth-order valence-corrected chi connectivity index (χ4v) is 4.70. The van der Waals surface area contributed by atoms with Gasteiger partial charge in [-0.25, -0.2) is 4.79 Å². The van der Waals surface area contributed by atoms with E-state index in [0.717, 1.165) is 29.5 Å². The number of nitrogens with zero attached hydrogens (tertiary/aromatic N) is 1. The molecule has 4 nitrogen and oxygen atoms in total. The minimum absolute atomic E-state index is 0.00671. The van der Waals surface area contributed by atoms with Crippen molar-refractivity contribution in [3.8, 4) is 11.1 Å². The van der Waals surface area contributed by atoms with Crippen LogP contribution in [0.3, 0.4) is 0 Å². The predicted octanol–water partition coefficient (Wildman–Crippen LogP) is 6.69. The zero-order valence-corrected chi connectivity index (χ0v) is 19.6. The van der Waals surface area contributed by atoms with E-state index in [1.165, 1.54) is 23.3 Å². The molecule has 4 rings (SSSR count). The van der Waals surface area contributed by atoms with Crippen molar-refractivity contribution in [3.05, 3.63) is 94.8 Å². The van der Waals surface area contributed by atoms with Gasteiger partial charge >= 0.3 is 5.97 Å². The zero-order valence-electron chi connectivity index (χ0n) is 19.6. The van der Waals surface area contributed by atoms with Gasteiger partial charge in [0.1, 0.15) is 0 Å². The number of aromatic nitrogens is 1. The summed E-state index contributed by atoms with van der Waals surface area (Å²) >= 11 is 0. The highest BCUT2D eigenvalue weighted by atomic mass is 16.4. The Bertz CT molecular complexity index is 1240. The number of carboxylic acids is 1. The van der Waals surface area contributed by atoms with Crippen LogP contribution in [0.5, 0.6) is 0 Å². The van der Waals surface area contributed by atoms with Gasteiger partial charge in [-0.2, -0.15) is 0 Å². The third kappa shape index (κ3) is 4.51. The lowest BCUT2D eigenvalue weighted by Gasteiger charge is -2.43. The summed E-state index contributed by atoms with van der Waals surface area (Å²) in [5.74, 6) is -1.04. The van der Waals surface area contributed by atoms with Crippen LogP contribution in [0.15, 0.2) is 67.0 Å². The average Bonchev–Trinajstić information content (AvgIpc) is 2.80. The van der Waals surface area contributed by atoms with Crippen LogP contribution in [-0.4, -0.2) is 21.8 Å². The van der Waals surface area contributed by atoms with E-state index in [-0.39, 0.29) is 22.2 Å². The summed E-state index contributed by atoms with van der Waals surface area (Å²) in [5, 5.41) is 9.06. The highest BCUT2D eigenvalue weighted by Crippen LogP contribution is 2.49. The third-order valence-electron chi connectivity index (χ3n) is 6.78. The van der Waals surface area contributed by atoms with Gasteiger partial charge in [0.05, 0.1) is 5.56 Å². The molecule has 1 N–H and O–H groups in total. The fraction of sp³-hybridized carbons (Fsp3) is 0.276. The molecule has 0 spiro atoms. The molecule has 4 heteroatoms. The van der Waals surface area contributed by atoms with Gasteiger partial charge in [-0.3, -0.25) is 9.78 Å². The van der Waals surface area contributed by atoms with E-state index < -0.39 is 5.97 Å². The Kier molecular flexibility index (Phi) is 5.79. The largest absolute Gasteiger partial charge is 0.478 e. The number of carboxylic acid groups (broad SMARTS) is 1. The van der Waals surface area contributed by atoms with Crippen LogP contribution in [0.4, 0.5) is 0 Å². The van der Waals surface area contributed by atoms with E-state index in [2.05, 4.69) is 38.7 Å². The number of ketones is 1. The highest BCUT2D eigenvalue weighted by Gasteiger charge is 2.39. The molecule has 1 aliphatic rings. The molecule has 0 amide bonds. The summed E-state index contributed by atoms with van der Waals surface area (Å²) in [7, 11) is 0.